The fourth-order valence-corrected chi connectivity index (χ4v) is 0.946. The van der Waals surface area contributed by atoms with E-state index < -0.39 is 0 Å². The fraction of sp³-hybridized carbons (Fsp3) is 1.00. The largest absolute Gasteiger partial charge is 0.353 e. The van der Waals surface area contributed by atoms with Gasteiger partial charge in [0, 0.05) is 0 Å². The van der Waals surface area contributed by atoms with E-state index in [-0.39, 0.29) is 6.29 Å². The highest BCUT2D eigenvalue weighted by atomic mass is 16.7. The Bertz CT molecular complexity index is 83.0. The Morgan fingerprint density at radius 3 is 2.78 bits per heavy atom. The Balaban J connectivity index is 2.23. The highest BCUT2D eigenvalue weighted by Crippen LogP contribution is 2.13. The van der Waals surface area contributed by atoms with Crippen molar-refractivity contribution in [3.8, 4) is 0 Å². The monoisotopic (exact) mass is 130 g/mol. The molecule has 1 aliphatic rings. The van der Waals surface area contributed by atoms with Crippen LogP contribution < -0.4 is 0 Å². The third kappa shape index (κ3) is 1.95. The second-order valence-corrected chi connectivity index (χ2v) is 2.44. The fourth-order valence-electron chi connectivity index (χ4n) is 0.946. The van der Waals surface area contributed by atoms with Crippen LogP contribution in [0.2, 0.25) is 0 Å². The highest BCUT2D eigenvalue weighted by molar-refractivity contribution is 4.56. The van der Waals surface area contributed by atoms with Gasteiger partial charge < -0.3 is 9.47 Å². The summed E-state index contributed by atoms with van der Waals surface area (Å²) in [6.07, 6.45) is 2.46. The molecule has 0 radical (unpaired) electrons. The lowest BCUT2D eigenvalue weighted by molar-refractivity contribution is -0.207. The summed E-state index contributed by atoms with van der Waals surface area (Å²) in [5.74, 6) is 0. The van der Waals surface area contributed by atoms with Crippen molar-refractivity contribution in [1.82, 2.24) is 0 Å². The minimum Gasteiger partial charge on any atom is -0.353 e. The number of hydrogen-bond acceptors (Lipinski definition) is 2. The maximum Gasteiger partial charge on any atom is 0.157 e. The van der Waals surface area contributed by atoms with Crippen molar-refractivity contribution in [1.29, 1.82) is 0 Å². The van der Waals surface area contributed by atoms with Gasteiger partial charge in [-0.2, -0.15) is 0 Å². The summed E-state index contributed by atoms with van der Waals surface area (Å²) in [4.78, 5) is 0. The summed E-state index contributed by atoms with van der Waals surface area (Å²) >= 11 is 0. The molecule has 0 saturated carbocycles. The molecule has 0 spiro atoms. The summed E-state index contributed by atoms with van der Waals surface area (Å²) in [6, 6.07) is 0. The van der Waals surface area contributed by atoms with Crippen LogP contribution in [0.5, 0.6) is 0 Å². The summed E-state index contributed by atoms with van der Waals surface area (Å²) in [7, 11) is 0. The second kappa shape index (κ2) is 3.18. The molecule has 1 rings (SSSR count). The van der Waals surface area contributed by atoms with E-state index >= 15 is 0 Å². The first-order chi connectivity index (χ1) is 4.33. The van der Waals surface area contributed by atoms with E-state index in [1.54, 1.807) is 0 Å². The molecule has 1 aliphatic heterocycles. The van der Waals surface area contributed by atoms with Gasteiger partial charge in [-0.15, -0.1) is 0 Å². The van der Waals surface area contributed by atoms with E-state index in [1.807, 2.05) is 0 Å². The van der Waals surface area contributed by atoms with E-state index in [0.717, 1.165) is 19.4 Å². The Morgan fingerprint density at radius 2 is 2.33 bits per heavy atom. The van der Waals surface area contributed by atoms with Gasteiger partial charge in [-0.25, -0.2) is 0 Å². The van der Waals surface area contributed by atoms with Crippen LogP contribution in [0.4, 0.5) is 0 Å². The zero-order valence-electron chi connectivity index (χ0n) is 6.09. The molecule has 2 heteroatoms. The Morgan fingerprint density at radius 1 is 1.56 bits per heavy atom. The first-order valence-corrected chi connectivity index (χ1v) is 3.60. The van der Waals surface area contributed by atoms with Gasteiger partial charge in [0.25, 0.3) is 0 Å². The first kappa shape index (κ1) is 7.03. The molecule has 54 valence electrons. The van der Waals surface area contributed by atoms with Crippen molar-refractivity contribution in [2.24, 2.45) is 0 Å². The molecule has 0 aromatic carbocycles. The Hall–Kier alpha value is -0.0800. The molecule has 9 heavy (non-hydrogen) atoms. The van der Waals surface area contributed by atoms with Crippen LogP contribution in [0.25, 0.3) is 0 Å². The molecule has 0 N–H and O–H groups in total. The predicted octanol–water partition coefficient (Wildman–Crippen LogP) is 1.55. The Labute approximate surface area is 56.2 Å². The van der Waals surface area contributed by atoms with Gasteiger partial charge in [-0.3, -0.25) is 0 Å². The van der Waals surface area contributed by atoms with Crippen molar-refractivity contribution < 1.29 is 9.47 Å². The van der Waals surface area contributed by atoms with Gasteiger partial charge in [0.05, 0.1) is 12.7 Å². The standard InChI is InChI=1S/C7H14O2/c1-3-7-8-5-4-6(2)9-7/h6-7H,3-5H2,1-2H3. The molecule has 2 atom stereocenters. The van der Waals surface area contributed by atoms with Gasteiger partial charge in [-0.05, 0) is 19.8 Å². The lowest BCUT2D eigenvalue weighted by atomic mass is 10.3. The van der Waals surface area contributed by atoms with E-state index in [0.29, 0.717) is 6.10 Å². The van der Waals surface area contributed by atoms with E-state index in [2.05, 4.69) is 13.8 Å². The molecular weight excluding hydrogens is 116 g/mol. The van der Waals surface area contributed by atoms with Gasteiger partial charge in [0.2, 0.25) is 0 Å². The number of ether oxygens (including phenoxy) is 2. The van der Waals surface area contributed by atoms with Gasteiger partial charge >= 0.3 is 0 Å². The average molecular weight is 130 g/mol. The number of rotatable bonds is 1. The third-order valence-corrected chi connectivity index (χ3v) is 1.55. The topological polar surface area (TPSA) is 18.5 Å². The Kier molecular flexibility index (Phi) is 2.49. The normalized spacial score (nSPS) is 36.7. The van der Waals surface area contributed by atoms with Crippen LogP contribution in [0, 0.1) is 0 Å². The molecule has 2 nitrogen and oxygen atoms in total. The van der Waals surface area contributed by atoms with Crippen LogP contribution in [-0.2, 0) is 9.47 Å². The summed E-state index contributed by atoms with van der Waals surface area (Å²) in [5.41, 5.74) is 0. The van der Waals surface area contributed by atoms with Crippen LogP contribution in [0.15, 0.2) is 0 Å². The summed E-state index contributed by atoms with van der Waals surface area (Å²) < 4.78 is 10.7. The molecule has 0 aromatic rings. The molecule has 1 heterocycles. The van der Waals surface area contributed by atoms with Crippen molar-refractivity contribution in [2.45, 2.75) is 39.1 Å². The quantitative estimate of drug-likeness (QED) is 0.536. The molecule has 0 aliphatic carbocycles. The highest BCUT2D eigenvalue weighted by Gasteiger charge is 2.16. The van der Waals surface area contributed by atoms with Crippen molar-refractivity contribution >= 4 is 0 Å². The molecule has 0 bridgehead atoms. The first-order valence-electron chi connectivity index (χ1n) is 3.60. The molecule has 1 fully saturated rings. The molecule has 0 amide bonds. The van der Waals surface area contributed by atoms with Crippen LogP contribution in [0.1, 0.15) is 26.7 Å². The van der Waals surface area contributed by atoms with Crippen molar-refractivity contribution in [3.63, 3.8) is 0 Å². The maximum atomic E-state index is 5.41. The zero-order chi connectivity index (χ0) is 6.69. The smallest absolute Gasteiger partial charge is 0.157 e. The van der Waals surface area contributed by atoms with Crippen molar-refractivity contribution in [3.05, 3.63) is 0 Å². The van der Waals surface area contributed by atoms with Gasteiger partial charge in [0.15, 0.2) is 6.29 Å². The van der Waals surface area contributed by atoms with E-state index in [1.165, 1.54) is 0 Å². The summed E-state index contributed by atoms with van der Waals surface area (Å²) in [5, 5.41) is 0. The third-order valence-electron chi connectivity index (χ3n) is 1.55. The maximum absolute atomic E-state index is 5.41. The summed E-state index contributed by atoms with van der Waals surface area (Å²) in [6.45, 7) is 5.02. The van der Waals surface area contributed by atoms with E-state index in [9.17, 15) is 0 Å². The minimum absolute atomic E-state index is 0.0637. The number of hydrogen-bond donors (Lipinski definition) is 0. The average Bonchev–Trinajstić information content (AvgIpc) is 1.88. The van der Waals surface area contributed by atoms with Crippen LogP contribution in [-0.4, -0.2) is 19.0 Å². The van der Waals surface area contributed by atoms with Crippen LogP contribution in [0.3, 0.4) is 0 Å². The molecule has 0 aromatic heterocycles. The molecular formula is C7H14O2. The molecule has 1 saturated heterocycles. The van der Waals surface area contributed by atoms with E-state index in [4.69, 9.17) is 9.47 Å². The lowest BCUT2D eigenvalue weighted by Gasteiger charge is -2.26. The lowest BCUT2D eigenvalue weighted by Crippen LogP contribution is -2.29. The SMILES string of the molecule is CCC1OCCC(C)O1. The predicted molar refractivity (Wildman–Crippen MR) is 35.2 cm³/mol. The molecule has 2 unspecified atom stereocenters. The van der Waals surface area contributed by atoms with Gasteiger partial charge in [0.1, 0.15) is 0 Å². The second-order valence-electron chi connectivity index (χ2n) is 2.44. The van der Waals surface area contributed by atoms with Crippen molar-refractivity contribution in [2.75, 3.05) is 6.61 Å². The van der Waals surface area contributed by atoms with Crippen LogP contribution >= 0.6 is 0 Å². The minimum atomic E-state index is 0.0637. The van der Waals surface area contributed by atoms with Gasteiger partial charge in [-0.1, -0.05) is 6.92 Å². The zero-order valence-corrected chi connectivity index (χ0v) is 6.09.